The summed E-state index contributed by atoms with van der Waals surface area (Å²) in [7, 11) is 0. The van der Waals surface area contributed by atoms with E-state index in [9.17, 15) is 0 Å². The van der Waals surface area contributed by atoms with E-state index in [4.69, 9.17) is 4.74 Å². The number of unbranched alkanes of at least 4 members (excludes halogenated alkanes) is 7. The van der Waals surface area contributed by atoms with Crippen LogP contribution in [0, 0.1) is 0 Å². The van der Waals surface area contributed by atoms with Crippen LogP contribution in [-0.4, -0.2) is 11.6 Å². The first-order chi connectivity index (χ1) is 9.92. The molecule has 0 atom stereocenters. The first-order valence-electron chi connectivity index (χ1n) is 8.10. The average molecular weight is 273 g/mol. The first kappa shape index (κ1) is 15.0. The molecule has 2 aromatic rings. The van der Waals surface area contributed by atoms with E-state index in [2.05, 4.69) is 30.1 Å². The number of ether oxygens (including phenoxy) is 1. The van der Waals surface area contributed by atoms with Crippen molar-refractivity contribution in [3.05, 3.63) is 30.5 Å². The van der Waals surface area contributed by atoms with Gasteiger partial charge in [-0.15, -0.1) is 0 Å². The molecule has 2 heteroatoms. The maximum absolute atomic E-state index is 5.89. The van der Waals surface area contributed by atoms with Crippen LogP contribution >= 0.6 is 0 Å². The van der Waals surface area contributed by atoms with Gasteiger partial charge in [0.25, 0.3) is 0 Å². The minimum absolute atomic E-state index is 0.826. The lowest BCUT2D eigenvalue weighted by atomic mass is 10.1. The van der Waals surface area contributed by atoms with Gasteiger partial charge in [-0.3, -0.25) is 0 Å². The molecule has 0 saturated heterocycles. The fourth-order valence-corrected chi connectivity index (χ4v) is 2.59. The van der Waals surface area contributed by atoms with E-state index in [0.717, 1.165) is 24.3 Å². The van der Waals surface area contributed by atoms with Gasteiger partial charge in [-0.05, 0) is 18.6 Å². The van der Waals surface area contributed by atoms with Gasteiger partial charge in [0.15, 0.2) is 0 Å². The Labute approximate surface area is 122 Å². The van der Waals surface area contributed by atoms with Gasteiger partial charge in [0.1, 0.15) is 5.75 Å². The van der Waals surface area contributed by atoms with E-state index in [-0.39, 0.29) is 0 Å². The van der Waals surface area contributed by atoms with Crippen LogP contribution in [-0.2, 0) is 0 Å². The molecule has 2 nitrogen and oxygen atoms in total. The van der Waals surface area contributed by atoms with Crippen LogP contribution < -0.4 is 4.74 Å². The largest absolute Gasteiger partial charge is 0.491 e. The quantitative estimate of drug-likeness (QED) is 0.553. The fourth-order valence-electron chi connectivity index (χ4n) is 2.59. The van der Waals surface area contributed by atoms with Crippen molar-refractivity contribution in [3.8, 4) is 5.75 Å². The third-order valence-corrected chi connectivity index (χ3v) is 3.80. The molecule has 1 N–H and O–H groups in total. The number of fused-ring (bicyclic) bond motifs is 1. The van der Waals surface area contributed by atoms with Crippen molar-refractivity contribution in [2.24, 2.45) is 0 Å². The Kier molecular flexibility index (Phi) is 6.49. The Balaban J connectivity index is 1.58. The van der Waals surface area contributed by atoms with Gasteiger partial charge in [0, 0.05) is 11.6 Å². The summed E-state index contributed by atoms with van der Waals surface area (Å²) in [5.74, 6) is 0.982. The highest BCUT2D eigenvalue weighted by Crippen LogP contribution is 2.24. The summed E-state index contributed by atoms with van der Waals surface area (Å²) >= 11 is 0. The summed E-state index contributed by atoms with van der Waals surface area (Å²) in [5, 5.41) is 1.22. The Bertz CT molecular complexity index is 489. The van der Waals surface area contributed by atoms with Gasteiger partial charge in [-0.25, -0.2) is 0 Å². The normalized spacial score (nSPS) is 11.1. The van der Waals surface area contributed by atoms with Crippen molar-refractivity contribution in [2.75, 3.05) is 6.61 Å². The molecule has 0 aliphatic rings. The average Bonchev–Trinajstić information content (AvgIpc) is 2.95. The lowest BCUT2D eigenvalue weighted by Crippen LogP contribution is -1.97. The number of aromatic nitrogens is 1. The van der Waals surface area contributed by atoms with Crippen LogP contribution in [0.5, 0.6) is 5.75 Å². The highest BCUT2D eigenvalue weighted by atomic mass is 16.5. The Morgan fingerprint density at radius 2 is 1.65 bits per heavy atom. The molecule has 1 heterocycles. The molecule has 0 fully saturated rings. The number of para-hydroxylation sites is 1. The molecule has 0 spiro atoms. The van der Waals surface area contributed by atoms with Gasteiger partial charge in [-0.2, -0.15) is 0 Å². The zero-order chi connectivity index (χ0) is 14.0. The predicted octanol–water partition coefficient (Wildman–Crippen LogP) is 5.69. The zero-order valence-corrected chi connectivity index (χ0v) is 12.7. The van der Waals surface area contributed by atoms with Crippen LogP contribution in [0.4, 0.5) is 0 Å². The summed E-state index contributed by atoms with van der Waals surface area (Å²) in [6, 6.07) is 8.29. The summed E-state index contributed by atoms with van der Waals surface area (Å²) < 4.78 is 5.89. The second-order valence-corrected chi connectivity index (χ2v) is 5.52. The van der Waals surface area contributed by atoms with Crippen LogP contribution in [0.2, 0.25) is 0 Å². The van der Waals surface area contributed by atoms with Gasteiger partial charge in [-0.1, -0.05) is 64.0 Å². The van der Waals surface area contributed by atoms with Crippen molar-refractivity contribution in [2.45, 2.75) is 58.3 Å². The van der Waals surface area contributed by atoms with Crippen LogP contribution in [0.25, 0.3) is 10.9 Å². The highest BCUT2D eigenvalue weighted by molar-refractivity contribution is 5.85. The number of H-pyrrole nitrogens is 1. The first-order valence-corrected chi connectivity index (χ1v) is 8.10. The summed E-state index contributed by atoms with van der Waals surface area (Å²) in [6.07, 6.45) is 12.7. The second-order valence-electron chi connectivity index (χ2n) is 5.52. The molecule has 0 aliphatic carbocycles. The topological polar surface area (TPSA) is 25.0 Å². The standard InChI is InChI=1S/C18H27NO/c1-2-3-4-5-6-7-8-9-15-20-17-12-10-11-16-13-14-19-18(16)17/h10-14,19H,2-9,15H2,1H3. The van der Waals surface area contributed by atoms with Crippen LogP contribution in [0.15, 0.2) is 30.5 Å². The number of hydrogen-bond donors (Lipinski definition) is 1. The lowest BCUT2D eigenvalue weighted by Gasteiger charge is -2.07. The molecular formula is C18H27NO. The van der Waals surface area contributed by atoms with Crippen molar-refractivity contribution in [1.29, 1.82) is 0 Å². The van der Waals surface area contributed by atoms with Gasteiger partial charge in [0.2, 0.25) is 0 Å². The molecule has 1 aromatic carbocycles. The number of benzene rings is 1. The van der Waals surface area contributed by atoms with E-state index in [1.807, 2.05) is 12.3 Å². The molecule has 0 amide bonds. The van der Waals surface area contributed by atoms with E-state index >= 15 is 0 Å². The molecule has 0 radical (unpaired) electrons. The molecule has 0 bridgehead atoms. The van der Waals surface area contributed by atoms with E-state index in [0.29, 0.717) is 0 Å². The Morgan fingerprint density at radius 1 is 0.900 bits per heavy atom. The summed E-state index contributed by atoms with van der Waals surface area (Å²) in [5.41, 5.74) is 1.12. The molecule has 0 saturated carbocycles. The fraction of sp³-hybridized carbons (Fsp3) is 0.556. The maximum Gasteiger partial charge on any atom is 0.143 e. The monoisotopic (exact) mass is 273 g/mol. The molecule has 0 aliphatic heterocycles. The third kappa shape index (κ3) is 4.59. The minimum Gasteiger partial charge on any atom is -0.491 e. The third-order valence-electron chi connectivity index (χ3n) is 3.80. The lowest BCUT2D eigenvalue weighted by molar-refractivity contribution is 0.307. The van der Waals surface area contributed by atoms with E-state index in [1.54, 1.807) is 0 Å². The van der Waals surface area contributed by atoms with Crippen LogP contribution in [0.1, 0.15) is 58.3 Å². The summed E-state index contributed by atoms with van der Waals surface area (Å²) in [6.45, 7) is 3.09. The van der Waals surface area contributed by atoms with Crippen molar-refractivity contribution in [3.63, 3.8) is 0 Å². The zero-order valence-electron chi connectivity index (χ0n) is 12.7. The number of hydrogen-bond acceptors (Lipinski definition) is 1. The Morgan fingerprint density at radius 3 is 2.45 bits per heavy atom. The Hall–Kier alpha value is -1.44. The van der Waals surface area contributed by atoms with Gasteiger partial charge < -0.3 is 9.72 Å². The van der Waals surface area contributed by atoms with Crippen LogP contribution in [0.3, 0.4) is 0 Å². The van der Waals surface area contributed by atoms with Crippen molar-refractivity contribution in [1.82, 2.24) is 4.98 Å². The molecule has 1 aromatic heterocycles. The van der Waals surface area contributed by atoms with Crippen molar-refractivity contribution >= 4 is 10.9 Å². The number of aromatic amines is 1. The smallest absolute Gasteiger partial charge is 0.143 e. The van der Waals surface area contributed by atoms with E-state index < -0.39 is 0 Å². The van der Waals surface area contributed by atoms with Gasteiger partial charge in [0.05, 0.1) is 12.1 Å². The number of rotatable bonds is 10. The van der Waals surface area contributed by atoms with E-state index in [1.165, 1.54) is 50.3 Å². The van der Waals surface area contributed by atoms with Crippen molar-refractivity contribution < 1.29 is 4.74 Å². The molecule has 20 heavy (non-hydrogen) atoms. The van der Waals surface area contributed by atoms with Gasteiger partial charge >= 0.3 is 0 Å². The highest BCUT2D eigenvalue weighted by Gasteiger charge is 2.02. The predicted molar refractivity (Wildman–Crippen MR) is 86.4 cm³/mol. The maximum atomic E-state index is 5.89. The number of nitrogens with one attached hydrogen (secondary N) is 1. The SMILES string of the molecule is CCCCCCCCCCOc1cccc2cc[nH]c12. The molecular weight excluding hydrogens is 246 g/mol. The molecule has 2 rings (SSSR count). The molecule has 110 valence electrons. The summed E-state index contributed by atoms with van der Waals surface area (Å²) in [4.78, 5) is 3.24. The minimum atomic E-state index is 0.826. The molecule has 0 unspecified atom stereocenters. The second kappa shape index (κ2) is 8.68.